The summed E-state index contributed by atoms with van der Waals surface area (Å²) in [5, 5.41) is 10.1. The summed E-state index contributed by atoms with van der Waals surface area (Å²) in [6.07, 6.45) is 7.58. The van der Waals surface area contributed by atoms with Crippen LogP contribution in [0.5, 0.6) is 5.75 Å². The van der Waals surface area contributed by atoms with Crippen LogP contribution in [0.3, 0.4) is 0 Å². The van der Waals surface area contributed by atoms with Gasteiger partial charge in [0.05, 0.1) is 12.7 Å². The van der Waals surface area contributed by atoms with E-state index < -0.39 is 0 Å². The first kappa shape index (κ1) is 11.1. The number of fused-ring (bicyclic) bond motifs is 1. The van der Waals surface area contributed by atoms with E-state index in [1.54, 1.807) is 7.11 Å². The normalized spacial score (nSPS) is 20.8. The van der Waals surface area contributed by atoms with Crippen molar-refractivity contribution < 1.29 is 9.84 Å². The zero-order valence-corrected chi connectivity index (χ0v) is 10.5. The smallest absolute Gasteiger partial charge is 0.122 e. The molecule has 92 valence electrons. The Hall–Kier alpha value is -1.02. The van der Waals surface area contributed by atoms with Crippen molar-refractivity contribution in [1.82, 2.24) is 0 Å². The Kier molecular flexibility index (Phi) is 2.62. The Bertz CT molecular complexity index is 433. The fraction of sp³-hybridized carbons (Fsp3) is 0.600. The number of rotatable bonds is 3. The third-order valence-electron chi connectivity index (χ3n) is 4.16. The molecule has 0 heterocycles. The van der Waals surface area contributed by atoms with Crippen LogP contribution in [0, 0.1) is 0 Å². The number of hydrogen-bond donors (Lipinski definition) is 1. The summed E-state index contributed by atoms with van der Waals surface area (Å²) in [7, 11) is 1.75. The number of hydrogen-bond acceptors (Lipinski definition) is 2. The molecule has 0 aromatic heterocycles. The topological polar surface area (TPSA) is 29.5 Å². The molecular weight excluding hydrogens is 212 g/mol. The van der Waals surface area contributed by atoms with Crippen molar-refractivity contribution in [2.45, 2.75) is 50.5 Å². The minimum Gasteiger partial charge on any atom is -0.496 e. The van der Waals surface area contributed by atoms with E-state index in [9.17, 15) is 5.11 Å². The van der Waals surface area contributed by atoms with Crippen LogP contribution < -0.4 is 4.74 Å². The molecule has 1 aromatic rings. The fourth-order valence-electron chi connectivity index (χ4n) is 2.94. The maximum atomic E-state index is 10.1. The van der Waals surface area contributed by atoms with Gasteiger partial charge in [-0.2, -0.15) is 0 Å². The fourth-order valence-corrected chi connectivity index (χ4v) is 2.94. The summed E-state index contributed by atoms with van der Waals surface area (Å²) in [4.78, 5) is 0. The highest BCUT2D eigenvalue weighted by Crippen LogP contribution is 2.41. The number of aliphatic hydroxyl groups is 1. The zero-order chi connectivity index (χ0) is 11.9. The Balaban J connectivity index is 1.98. The van der Waals surface area contributed by atoms with Gasteiger partial charge in [0, 0.05) is 6.42 Å². The van der Waals surface area contributed by atoms with Crippen LogP contribution in [0.1, 0.15) is 42.4 Å². The first-order valence-corrected chi connectivity index (χ1v) is 6.62. The van der Waals surface area contributed by atoms with Gasteiger partial charge in [0.15, 0.2) is 0 Å². The lowest BCUT2D eigenvalue weighted by Crippen LogP contribution is -2.15. The van der Waals surface area contributed by atoms with E-state index in [1.807, 2.05) is 0 Å². The summed E-state index contributed by atoms with van der Waals surface area (Å²) >= 11 is 0. The molecule has 0 radical (unpaired) electrons. The van der Waals surface area contributed by atoms with Gasteiger partial charge in [0.25, 0.3) is 0 Å². The van der Waals surface area contributed by atoms with Gasteiger partial charge in [-0.05, 0) is 61.3 Å². The summed E-state index contributed by atoms with van der Waals surface area (Å²) in [5.74, 6) is 1.03. The molecular formula is C15H20O2. The maximum Gasteiger partial charge on any atom is 0.122 e. The van der Waals surface area contributed by atoms with E-state index in [0.717, 1.165) is 37.9 Å². The van der Waals surface area contributed by atoms with Crippen molar-refractivity contribution in [3.63, 3.8) is 0 Å². The quantitative estimate of drug-likeness (QED) is 0.868. The van der Waals surface area contributed by atoms with Crippen LogP contribution in [0.4, 0.5) is 0 Å². The Morgan fingerprint density at radius 2 is 1.88 bits per heavy atom. The predicted molar refractivity (Wildman–Crippen MR) is 67.5 cm³/mol. The number of benzene rings is 1. The first-order valence-electron chi connectivity index (χ1n) is 6.62. The van der Waals surface area contributed by atoms with Gasteiger partial charge in [-0.15, -0.1) is 0 Å². The third-order valence-corrected chi connectivity index (χ3v) is 4.16. The molecule has 2 aliphatic rings. The average molecular weight is 232 g/mol. The highest BCUT2D eigenvalue weighted by Gasteiger charge is 2.40. The average Bonchev–Trinajstić information content (AvgIpc) is 3.08. The molecule has 0 spiro atoms. The molecule has 0 amide bonds. The zero-order valence-electron chi connectivity index (χ0n) is 10.5. The minimum atomic E-state index is -0.389. The lowest BCUT2D eigenvalue weighted by Gasteiger charge is -2.23. The molecule has 17 heavy (non-hydrogen) atoms. The minimum absolute atomic E-state index is 0.389. The molecule has 2 nitrogen and oxygen atoms in total. The molecule has 3 rings (SSSR count). The maximum absolute atomic E-state index is 10.1. The van der Waals surface area contributed by atoms with Crippen molar-refractivity contribution in [1.29, 1.82) is 0 Å². The molecule has 0 aliphatic heterocycles. The lowest BCUT2D eigenvalue weighted by atomic mass is 9.85. The first-order chi connectivity index (χ1) is 8.22. The second-order valence-electron chi connectivity index (χ2n) is 5.49. The van der Waals surface area contributed by atoms with E-state index in [-0.39, 0.29) is 5.60 Å². The van der Waals surface area contributed by atoms with Gasteiger partial charge >= 0.3 is 0 Å². The van der Waals surface area contributed by atoms with Gasteiger partial charge in [-0.3, -0.25) is 0 Å². The van der Waals surface area contributed by atoms with E-state index in [1.165, 1.54) is 29.5 Å². The summed E-state index contributed by atoms with van der Waals surface area (Å²) in [6, 6.07) is 4.23. The van der Waals surface area contributed by atoms with Crippen LogP contribution in [0.15, 0.2) is 12.1 Å². The monoisotopic (exact) mass is 232 g/mol. The Morgan fingerprint density at radius 1 is 1.18 bits per heavy atom. The highest BCUT2D eigenvalue weighted by molar-refractivity contribution is 5.47. The van der Waals surface area contributed by atoms with Gasteiger partial charge < -0.3 is 9.84 Å². The molecule has 2 aliphatic carbocycles. The SMILES string of the molecule is COc1ccc(CC2(O)CC2)c2c1CCCC2. The second kappa shape index (κ2) is 4.02. The van der Waals surface area contributed by atoms with E-state index >= 15 is 0 Å². The van der Waals surface area contributed by atoms with E-state index in [0.29, 0.717) is 0 Å². The van der Waals surface area contributed by atoms with Crippen LogP contribution in [0.25, 0.3) is 0 Å². The standard InChI is InChI=1S/C15H20O2/c1-17-14-7-6-11(10-15(16)8-9-15)12-4-2-3-5-13(12)14/h6-7,16H,2-5,8-10H2,1H3. The molecule has 1 aromatic carbocycles. The van der Waals surface area contributed by atoms with Gasteiger partial charge in [-0.1, -0.05) is 6.07 Å². The summed E-state index contributed by atoms with van der Waals surface area (Å²) in [6.45, 7) is 0. The molecule has 2 heteroatoms. The van der Waals surface area contributed by atoms with E-state index in [4.69, 9.17) is 4.74 Å². The molecule has 1 N–H and O–H groups in total. The van der Waals surface area contributed by atoms with Crippen molar-refractivity contribution in [3.8, 4) is 5.75 Å². The second-order valence-corrected chi connectivity index (χ2v) is 5.49. The number of ether oxygens (including phenoxy) is 1. The van der Waals surface area contributed by atoms with Crippen LogP contribution in [0.2, 0.25) is 0 Å². The summed E-state index contributed by atoms with van der Waals surface area (Å²) in [5.41, 5.74) is 3.80. The van der Waals surface area contributed by atoms with Gasteiger partial charge in [-0.25, -0.2) is 0 Å². The Labute approximate surface area is 103 Å². The lowest BCUT2D eigenvalue weighted by molar-refractivity contribution is 0.150. The predicted octanol–water partition coefficient (Wildman–Crippen LogP) is 2.64. The van der Waals surface area contributed by atoms with Crippen molar-refractivity contribution >= 4 is 0 Å². The summed E-state index contributed by atoms with van der Waals surface area (Å²) < 4.78 is 5.45. The van der Waals surface area contributed by atoms with Crippen LogP contribution >= 0.6 is 0 Å². The molecule has 0 atom stereocenters. The van der Waals surface area contributed by atoms with Crippen LogP contribution in [-0.2, 0) is 19.3 Å². The van der Waals surface area contributed by atoms with Crippen LogP contribution in [-0.4, -0.2) is 17.8 Å². The van der Waals surface area contributed by atoms with E-state index in [2.05, 4.69) is 12.1 Å². The van der Waals surface area contributed by atoms with Crippen molar-refractivity contribution in [2.24, 2.45) is 0 Å². The number of methoxy groups -OCH3 is 1. The largest absolute Gasteiger partial charge is 0.496 e. The Morgan fingerprint density at radius 3 is 2.53 bits per heavy atom. The molecule has 0 bridgehead atoms. The highest BCUT2D eigenvalue weighted by atomic mass is 16.5. The van der Waals surface area contributed by atoms with Crippen molar-refractivity contribution in [2.75, 3.05) is 7.11 Å². The molecule has 0 unspecified atom stereocenters. The van der Waals surface area contributed by atoms with Gasteiger partial charge in [0.1, 0.15) is 5.75 Å². The van der Waals surface area contributed by atoms with Crippen molar-refractivity contribution in [3.05, 3.63) is 28.8 Å². The van der Waals surface area contributed by atoms with Gasteiger partial charge in [0.2, 0.25) is 0 Å². The third kappa shape index (κ3) is 2.06. The molecule has 1 saturated carbocycles. The molecule has 0 saturated heterocycles. The molecule has 1 fully saturated rings.